The third-order valence-electron chi connectivity index (χ3n) is 4.85. The van der Waals surface area contributed by atoms with Gasteiger partial charge in [-0.05, 0) is 38.0 Å². The highest BCUT2D eigenvalue weighted by Gasteiger charge is 2.32. The maximum atomic E-state index is 12.8. The minimum absolute atomic E-state index is 0.110. The summed E-state index contributed by atoms with van der Waals surface area (Å²) in [6.45, 7) is 3.57. The van der Waals surface area contributed by atoms with E-state index in [1.807, 2.05) is 19.3 Å². The van der Waals surface area contributed by atoms with E-state index in [0.717, 1.165) is 30.7 Å². The zero-order valence-corrected chi connectivity index (χ0v) is 14.9. The summed E-state index contributed by atoms with van der Waals surface area (Å²) in [7, 11) is 1.83. The molecule has 1 aromatic carbocycles. The lowest BCUT2D eigenvalue weighted by atomic mass is 10.0. The Hall–Kier alpha value is -2.74. The van der Waals surface area contributed by atoms with E-state index in [0.29, 0.717) is 17.7 Å². The van der Waals surface area contributed by atoms with E-state index in [1.54, 1.807) is 23.0 Å². The molecule has 8 heteroatoms. The van der Waals surface area contributed by atoms with Gasteiger partial charge in [0.05, 0.1) is 11.6 Å². The molecule has 8 nitrogen and oxygen atoms in total. The van der Waals surface area contributed by atoms with Gasteiger partial charge in [0.25, 0.3) is 5.91 Å². The van der Waals surface area contributed by atoms with Gasteiger partial charge in [0, 0.05) is 38.2 Å². The zero-order chi connectivity index (χ0) is 18.1. The maximum absolute atomic E-state index is 12.8. The van der Waals surface area contributed by atoms with Crippen molar-refractivity contribution in [2.75, 3.05) is 6.61 Å². The molecule has 1 fully saturated rings. The van der Waals surface area contributed by atoms with Gasteiger partial charge in [0.1, 0.15) is 17.4 Å². The molecule has 0 bridgehead atoms. The molecule has 2 atom stereocenters. The molecule has 1 N–H and O–H groups in total. The number of ether oxygens (including phenoxy) is 1. The van der Waals surface area contributed by atoms with Crippen LogP contribution in [0.15, 0.2) is 30.6 Å². The van der Waals surface area contributed by atoms with Gasteiger partial charge in [-0.25, -0.2) is 9.67 Å². The standard InChI is InChI=1S/C18H22N6O2/c1-3-24-9-8-19-17(24)16-13(5-4-10-26-16)20-18(25)12-6-7-15-14(11-12)21-22-23(15)2/h6-9,11,13,16H,3-5,10H2,1-2H3,(H,20,25)/t13-,16-/m0/s1. The van der Waals surface area contributed by atoms with Gasteiger partial charge in [-0.3, -0.25) is 4.79 Å². The highest BCUT2D eigenvalue weighted by atomic mass is 16.5. The quantitative estimate of drug-likeness (QED) is 0.772. The van der Waals surface area contributed by atoms with Crippen LogP contribution in [0.1, 0.15) is 42.1 Å². The number of nitrogens with one attached hydrogen (secondary N) is 1. The number of carbonyl (C=O) groups is 1. The smallest absolute Gasteiger partial charge is 0.251 e. The highest BCUT2D eigenvalue weighted by Crippen LogP contribution is 2.28. The number of aromatic nitrogens is 5. The lowest BCUT2D eigenvalue weighted by molar-refractivity contribution is -0.0163. The molecular weight excluding hydrogens is 332 g/mol. The summed E-state index contributed by atoms with van der Waals surface area (Å²) in [4.78, 5) is 17.2. The minimum Gasteiger partial charge on any atom is -0.368 e. The lowest BCUT2D eigenvalue weighted by Crippen LogP contribution is -2.43. The number of carbonyl (C=O) groups excluding carboxylic acids is 1. The molecule has 0 spiro atoms. The summed E-state index contributed by atoms with van der Waals surface area (Å²) < 4.78 is 9.71. The van der Waals surface area contributed by atoms with E-state index in [2.05, 4.69) is 32.1 Å². The fraction of sp³-hybridized carbons (Fsp3) is 0.444. The van der Waals surface area contributed by atoms with Crippen molar-refractivity contribution in [3.8, 4) is 0 Å². The average Bonchev–Trinajstić information content (AvgIpc) is 3.28. The monoisotopic (exact) mass is 354 g/mol. The van der Waals surface area contributed by atoms with E-state index in [9.17, 15) is 4.79 Å². The van der Waals surface area contributed by atoms with Crippen LogP contribution in [0.4, 0.5) is 0 Å². The number of hydrogen-bond acceptors (Lipinski definition) is 5. The van der Waals surface area contributed by atoms with Gasteiger partial charge >= 0.3 is 0 Å². The summed E-state index contributed by atoms with van der Waals surface area (Å²) in [5, 5.41) is 11.2. The van der Waals surface area contributed by atoms with Crippen molar-refractivity contribution < 1.29 is 9.53 Å². The van der Waals surface area contributed by atoms with Crippen molar-refractivity contribution in [1.29, 1.82) is 0 Å². The Morgan fingerprint density at radius 2 is 2.31 bits per heavy atom. The Balaban J connectivity index is 1.56. The summed E-state index contributed by atoms with van der Waals surface area (Å²) in [6, 6.07) is 5.32. The Labute approximate surface area is 151 Å². The fourth-order valence-corrected chi connectivity index (χ4v) is 3.46. The molecule has 1 aliphatic heterocycles. The third-order valence-corrected chi connectivity index (χ3v) is 4.85. The molecule has 1 saturated heterocycles. The highest BCUT2D eigenvalue weighted by molar-refractivity contribution is 5.97. The number of nitrogens with zero attached hydrogens (tertiary/aromatic N) is 5. The number of imidazole rings is 1. The molecule has 0 radical (unpaired) electrons. The van der Waals surface area contributed by atoms with Crippen LogP contribution < -0.4 is 5.32 Å². The Morgan fingerprint density at radius 1 is 1.42 bits per heavy atom. The van der Waals surface area contributed by atoms with Crippen LogP contribution in [-0.4, -0.2) is 43.1 Å². The van der Waals surface area contributed by atoms with Crippen molar-refractivity contribution in [2.24, 2.45) is 7.05 Å². The van der Waals surface area contributed by atoms with E-state index in [4.69, 9.17) is 4.74 Å². The number of fused-ring (bicyclic) bond motifs is 1. The van der Waals surface area contributed by atoms with Crippen LogP contribution >= 0.6 is 0 Å². The van der Waals surface area contributed by atoms with Gasteiger partial charge in [-0.15, -0.1) is 5.10 Å². The lowest BCUT2D eigenvalue weighted by Gasteiger charge is -2.32. The molecule has 0 aliphatic carbocycles. The summed E-state index contributed by atoms with van der Waals surface area (Å²) in [5.74, 6) is 0.731. The largest absolute Gasteiger partial charge is 0.368 e. The molecule has 0 unspecified atom stereocenters. The summed E-state index contributed by atoms with van der Waals surface area (Å²) >= 11 is 0. The van der Waals surface area contributed by atoms with Crippen LogP contribution in [0.25, 0.3) is 11.0 Å². The van der Waals surface area contributed by atoms with Crippen molar-refractivity contribution in [1.82, 2.24) is 29.9 Å². The molecule has 136 valence electrons. The topological polar surface area (TPSA) is 86.9 Å². The second kappa shape index (κ2) is 6.87. The van der Waals surface area contributed by atoms with E-state index >= 15 is 0 Å². The van der Waals surface area contributed by atoms with Crippen molar-refractivity contribution in [2.45, 2.75) is 38.5 Å². The normalized spacial score (nSPS) is 20.4. The van der Waals surface area contributed by atoms with E-state index < -0.39 is 0 Å². The van der Waals surface area contributed by atoms with E-state index in [-0.39, 0.29) is 18.1 Å². The Bertz CT molecular complexity index is 931. The van der Waals surface area contributed by atoms with Crippen LogP contribution in [0.2, 0.25) is 0 Å². The number of amides is 1. The van der Waals surface area contributed by atoms with Gasteiger partial charge < -0.3 is 14.6 Å². The number of aryl methyl sites for hydroxylation is 2. The third kappa shape index (κ3) is 2.96. The fourth-order valence-electron chi connectivity index (χ4n) is 3.46. The molecule has 4 rings (SSSR count). The Morgan fingerprint density at radius 3 is 3.15 bits per heavy atom. The molecule has 2 aromatic heterocycles. The molecule has 3 aromatic rings. The molecule has 1 amide bonds. The minimum atomic E-state index is -0.233. The van der Waals surface area contributed by atoms with Crippen LogP contribution in [0.5, 0.6) is 0 Å². The molecule has 3 heterocycles. The summed E-state index contributed by atoms with van der Waals surface area (Å²) in [5.41, 5.74) is 2.17. The van der Waals surface area contributed by atoms with Crippen molar-refractivity contribution in [3.05, 3.63) is 42.0 Å². The molecule has 0 saturated carbocycles. The molecule has 1 aliphatic rings. The average molecular weight is 354 g/mol. The first kappa shape index (κ1) is 16.7. The zero-order valence-electron chi connectivity index (χ0n) is 14.9. The van der Waals surface area contributed by atoms with Crippen molar-refractivity contribution >= 4 is 16.9 Å². The van der Waals surface area contributed by atoms with E-state index in [1.165, 1.54) is 0 Å². The number of rotatable bonds is 4. The number of hydrogen-bond donors (Lipinski definition) is 1. The number of benzene rings is 1. The van der Waals surface area contributed by atoms with Gasteiger partial charge in [0.15, 0.2) is 0 Å². The molecular formula is C18H22N6O2. The SMILES string of the molecule is CCn1ccnc1[C@H]1OCCC[C@@H]1NC(=O)c1ccc2c(c1)nnn2C. The van der Waals surface area contributed by atoms with Crippen LogP contribution in [-0.2, 0) is 18.3 Å². The predicted molar refractivity (Wildman–Crippen MR) is 95.6 cm³/mol. The maximum Gasteiger partial charge on any atom is 0.251 e. The Kier molecular flexibility index (Phi) is 4.42. The van der Waals surface area contributed by atoms with Gasteiger partial charge in [-0.2, -0.15) is 0 Å². The first-order chi connectivity index (χ1) is 12.7. The predicted octanol–water partition coefficient (Wildman–Crippen LogP) is 1.83. The van der Waals surface area contributed by atoms with Gasteiger partial charge in [-0.1, -0.05) is 5.21 Å². The molecule has 26 heavy (non-hydrogen) atoms. The second-order valence-electron chi connectivity index (χ2n) is 6.50. The second-order valence-corrected chi connectivity index (χ2v) is 6.50. The van der Waals surface area contributed by atoms with Crippen molar-refractivity contribution in [3.63, 3.8) is 0 Å². The first-order valence-electron chi connectivity index (χ1n) is 8.90. The van der Waals surface area contributed by atoms with Gasteiger partial charge in [0.2, 0.25) is 0 Å². The van der Waals surface area contributed by atoms with Crippen LogP contribution in [0.3, 0.4) is 0 Å². The summed E-state index contributed by atoms with van der Waals surface area (Å²) in [6.07, 6.45) is 5.26. The first-order valence-corrected chi connectivity index (χ1v) is 8.90. The van der Waals surface area contributed by atoms with Crippen LogP contribution in [0, 0.1) is 0 Å².